The van der Waals surface area contributed by atoms with Crippen LogP contribution < -0.4 is 0 Å². The second-order valence-electron chi connectivity index (χ2n) is 6.81. The number of ether oxygens (including phenoxy) is 1. The molecule has 0 spiro atoms. The summed E-state index contributed by atoms with van der Waals surface area (Å²) in [5.41, 5.74) is -2.38. The van der Waals surface area contributed by atoms with Gasteiger partial charge in [0.05, 0.1) is 5.56 Å². The Bertz CT molecular complexity index is 601. The lowest BCUT2D eigenvalue weighted by atomic mass is 9.84. The second-order valence-corrected chi connectivity index (χ2v) is 6.81. The molecule has 6 heteroatoms. The third-order valence-electron chi connectivity index (χ3n) is 3.78. The number of amides is 1. The smallest absolute Gasteiger partial charge is 0.410 e. The Morgan fingerprint density at radius 1 is 1.22 bits per heavy atom. The molecule has 1 aromatic rings. The number of rotatable bonds is 2. The molecular weight excluding hydrogens is 301 g/mol. The van der Waals surface area contributed by atoms with E-state index in [4.69, 9.17) is 4.74 Å². The Morgan fingerprint density at radius 2 is 1.78 bits per heavy atom. The van der Waals surface area contributed by atoms with Gasteiger partial charge >= 0.3 is 6.09 Å². The van der Waals surface area contributed by atoms with Crippen molar-refractivity contribution in [2.45, 2.75) is 44.8 Å². The topological polar surface area (TPSA) is 66.8 Å². The zero-order valence-electron chi connectivity index (χ0n) is 13.6. The van der Waals surface area contributed by atoms with E-state index in [1.165, 1.54) is 23.1 Å². The fourth-order valence-electron chi connectivity index (χ4n) is 2.51. The molecule has 0 unspecified atom stereocenters. The second kappa shape index (κ2) is 6.28. The Morgan fingerprint density at radius 3 is 2.30 bits per heavy atom. The molecule has 1 aliphatic rings. The molecule has 0 bridgehead atoms. The number of likely N-dealkylation sites (tertiary alicyclic amines) is 1. The van der Waals surface area contributed by atoms with Gasteiger partial charge in [0.25, 0.3) is 0 Å². The summed E-state index contributed by atoms with van der Waals surface area (Å²) in [6, 6.07) is 5.58. The fraction of sp³-hybridized carbons (Fsp3) is 0.529. The molecule has 1 fully saturated rings. The lowest BCUT2D eigenvalue weighted by Crippen LogP contribution is -2.51. The van der Waals surface area contributed by atoms with Crippen molar-refractivity contribution in [3.05, 3.63) is 35.6 Å². The van der Waals surface area contributed by atoms with Crippen LogP contribution in [0.3, 0.4) is 0 Å². The number of hydrogen-bond acceptors (Lipinski definition) is 4. The van der Waals surface area contributed by atoms with E-state index in [2.05, 4.69) is 0 Å². The van der Waals surface area contributed by atoms with Crippen LogP contribution in [0, 0.1) is 5.82 Å². The monoisotopic (exact) mass is 323 g/mol. The van der Waals surface area contributed by atoms with Crippen LogP contribution in [-0.2, 0) is 4.74 Å². The largest absolute Gasteiger partial charge is 0.444 e. The number of aliphatic hydroxyl groups is 1. The molecule has 0 aromatic heterocycles. The van der Waals surface area contributed by atoms with Crippen LogP contribution in [-0.4, -0.2) is 46.2 Å². The first-order valence-corrected chi connectivity index (χ1v) is 7.62. The lowest BCUT2D eigenvalue weighted by molar-refractivity contribution is -0.0201. The maximum Gasteiger partial charge on any atom is 0.410 e. The normalized spacial score (nSPS) is 17.7. The van der Waals surface area contributed by atoms with Crippen molar-refractivity contribution in [2.24, 2.45) is 0 Å². The van der Waals surface area contributed by atoms with Gasteiger partial charge in [-0.25, -0.2) is 9.18 Å². The molecule has 23 heavy (non-hydrogen) atoms. The maximum atomic E-state index is 13.7. The van der Waals surface area contributed by atoms with E-state index in [1.807, 2.05) is 0 Å². The number of carbonyl (C=O) groups is 2. The molecule has 1 heterocycles. The van der Waals surface area contributed by atoms with Gasteiger partial charge in [-0.2, -0.15) is 0 Å². The van der Waals surface area contributed by atoms with E-state index in [1.54, 1.807) is 26.8 Å². The number of hydrogen-bond donors (Lipinski definition) is 1. The summed E-state index contributed by atoms with van der Waals surface area (Å²) < 4.78 is 19.0. The molecule has 5 nitrogen and oxygen atoms in total. The number of benzene rings is 1. The van der Waals surface area contributed by atoms with Crippen LogP contribution in [0.4, 0.5) is 9.18 Å². The molecule has 0 atom stereocenters. The minimum Gasteiger partial charge on any atom is -0.444 e. The summed E-state index contributed by atoms with van der Waals surface area (Å²) in [7, 11) is 0. The highest BCUT2D eigenvalue weighted by Crippen LogP contribution is 2.28. The Hall–Kier alpha value is -1.95. The highest BCUT2D eigenvalue weighted by Gasteiger charge is 2.42. The van der Waals surface area contributed by atoms with Gasteiger partial charge < -0.3 is 14.7 Å². The molecule has 2 rings (SSSR count). The van der Waals surface area contributed by atoms with E-state index < -0.39 is 28.9 Å². The van der Waals surface area contributed by atoms with Crippen LogP contribution in [0.1, 0.15) is 44.0 Å². The molecular formula is C17H22FNO4. The number of Topliss-reactive ketones (excluding diaryl/α,β-unsaturated/α-hetero) is 1. The summed E-state index contributed by atoms with van der Waals surface area (Å²) in [5.74, 6) is -1.29. The van der Waals surface area contributed by atoms with Crippen molar-refractivity contribution < 1.29 is 23.8 Å². The highest BCUT2D eigenvalue weighted by molar-refractivity contribution is 6.02. The van der Waals surface area contributed by atoms with Crippen molar-refractivity contribution in [1.82, 2.24) is 4.90 Å². The zero-order valence-corrected chi connectivity index (χ0v) is 13.6. The van der Waals surface area contributed by atoms with Gasteiger partial charge in [-0.3, -0.25) is 4.79 Å². The molecule has 1 aliphatic heterocycles. The standard InChI is InChI=1S/C17H22FNO4/c1-16(2,3)23-15(21)19-10-8-17(22,9-11-19)14(20)12-6-4-5-7-13(12)18/h4-7,22H,8-11H2,1-3H3. The molecule has 1 N–H and O–H groups in total. The van der Waals surface area contributed by atoms with Gasteiger partial charge in [-0.1, -0.05) is 12.1 Å². The SMILES string of the molecule is CC(C)(C)OC(=O)N1CCC(O)(C(=O)c2ccccc2F)CC1. The summed E-state index contributed by atoms with van der Waals surface area (Å²) >= 11 is 0. The first-order valence-electron chi connectivity index (χ1n) is 7.62. The number of halogens is 1. The Labute approximate surface area is 135 Å². The van der Waals surface area contributed by atoms with Crippen LogP contribution >= 0.6 is 0 Å². The van der Waals surface area contributed by atoms with E-state index in [9.17, 15) is 19.1 Å². The van der Waals surface area contributed by atoms with Gasteiger partial charge in [-0.15, -0.1) is 0 Å². The zero-order chi connectivity index (χ0) is 17.3. The van der Waals surface area contributed by atoms with Crippen LogP contribution in [0.5, 0.6) is 0 Å². The quantitative estimate of drug-likeness (QED) is 0.850. The number of carbonyl (C=O) groups excluding carboxylic acids is 2. The molecule has 0 aliphatic carbocycles. The number of nitrogens with zero attached hydrogens (tertiary/aromatic N) is 1. The lowest BCUT2D eigenvalue weighted by Gasteiger charge is -2.37. The summed E-state index contributed by atoms with van der Waals surface area (Å²) in [6.45, 7) is 5.68. The summed E-state index contributed by atoms with van der Waals surface area (Å²) in [6.07, 6.45) is -0.364. The highest BCUT2D eigenvalue weighted by atomic mass is 19.1. The Balaban J connectivity index is 2.04. The number of piperidine rings is 1. The van der Waals surface area contributed by atoms with E-state index in [-0.39, 0.29) is 31.5 Å². The Kier molecular flexibility index (Phi) is 4.75. The molecule has 0 saturated carbocycles. The van der Waals surface area contributed by atoms with Crippen LogP contribution in [0.2, 0.25) is 0 Å². The van der Waals surface area contributed by atoms with Crippen LogP contribution in [0.25, 0.3) is 0 Å². The van der Waals surface area contributed by atoms with Gasteiger partial charge in [-0.05, 0) is 32.9 Å². The van der Waals surface area contributed by atoms with Crippen molar-refractivity contribution in [3.8, 4) is 0 Å². The molecule has 0 radical (unpaired) electrons. The maximum absolute atomic E-state index is 13.7. The van der Waals surface area contributed by atoms with Gasteiger partial charge in [0.15, 0.2) is 5.78 Å². The average molecular weight is 323 g/mol. The molecule has 1 saturated heterocycles. The van der Waals surface area contributed by atoms with E-state index >= 15 is 0 Å². The van der Waals surface area contributed by atoms with Crippen molar-refractivity contribution in [3.63, 3.8) is 0 Å². The van der Waals surface area contributed by atoms with Crippen molar-refractivity contribution >= 4 is 11.9 Å². The van der Waals surface area contributed by atoms with Gasteiger partial charge in [0.1, 0.15) is 17.0 Å². The van der Waals surface area contributed by atoms with Gasteiger partial charge in [0.2, 0.25) is 0 Å². The first kappa shape index (κ1) is 17.4. The predicted molar refractivity (Wildman–Crippen MR) is 82.7 cm³/mol. The summed E-state index contributed by atoms with van der Waals surface area (Å²) in [4.78, 5) is 25.9. The van der Waals surface area contributed by atoms with Crippen LogP contribution in [0.15, 0.2) is 24.3 Å². The van der Waals surface area contributed by atoms with Gasteiger partial charge in [0, 0.05) is 25.9 Å². The predicted octanol–water partition coefficient (Wildman–Crippen LogP) is 2.77. The van der Waals surface area contributed by atoms with Crippen molar-refractivity contribution in [2.75, 3.05) is 13.1 Å². The molecule has 126 valence electrons. The third kappa shape index (κ3) is 4.07. The molecule has 1 amide bonds. The van der Waals surface area contributed by atoms with E-state index in [0.29, 0.717) is 0 Å². The first-order chi connectivity index (χ1) is 10.6. The summed E-state index contributed by atoms with van der Waals surface area (Å²) in [5, 5.41) is 10.6. The van der Waals surface area contributed by atoms with Crippen molar-refractivity contribution in [1.29, 1.82) is 0 Å². The van der Waals surface area contributed by atoms with E-state index in [0.717, 1.165) is 0 Å². The minimum atomic E-state index is -1.65. The number of ketones is 1. The minimum absolute atomic E-state index is 0.0550. The third-order valence-corrected chi connectivity index (χ3v) is 3.78. The fourth-order valence-corrected chi connectivity index (χ4v) is 2.51. The average Bonchev–Trinajstić information content (AvgIpc) is 2.46. The molecule has 1 aromatic carbocycles.